The molecule has 7 heteroatoms. The molecule has 3 aromatic rings. The third-order valence-electron chi connectivity index (χ3n) is 3.72. The molecule has 0 aliphatic rings. The van der Waals surface area contributed by atoms with Crippen molar-refractivity contribution in [3.8, 4) is 11.3 Å². The molecule has 1 atom stereocenters. The number of nitrogens with one attached hydrogen (secondary N) is 2. The minimum Gasteiger partial charge on any atom is -0.394 e. The lowest BCUT2D eigenvalue weighted by Crippen LogP contribution is -2.21. The first-order chi connectivity index (χ1) is 12.6. The van der Waals surface area contributed by atoms with Gasteiger partial charge < -0.3 is 15.7 Å². The van der Waals surface area contributed by atoms with Crippen LogP contribution in [-0.2, 0) is 6.54 Å². The molecule has 6 nitrogen and oxygen atoms in total. The lowest BCUT2D eigenvalue weighted by molar-refractivity contribution is 0.281. The summed E-state index contributed by atoms with van der Waals surface area (Å²) in [5, 5.41) is 16.4. The van der Waals surface area contributed by atoms with Gasteiger partial charge in [-0.2, -0.15) is 4.98 Å². The van der Waals surface area contributed by atoms with Gasteiger partial charge in [-0.3, -0.25) is 4.98 Å². The largest absolute Gasteiger partial charge is 0.394 e. The molecule has 134 valence electrons. The van der Waals surface area contributed by atoms with E-state index in [2.05, 4.69) is 25.6 Å². The molecule has 2 aromatic heterocycles. The number of hydrogen-bond acceptors (Lipinski definition) is 6. The zero-order chi connectivity index (χ0) is 18.4. The topological polar surface area (TPSA) is 83.0 Å². The minimum absolute atomic E-state index is 0.00594. The number of anilines is 2. The fraction of sp³-hybridized carbons (Fsp3) is 0.211. The third-order valence-corrected chi connectivity index (χ3v) is 3.97. The number of aliphatic hydroxyl groups excluding tert-OH is 1. The van der Waals surface area contributed by atoms with E-state index < -0.39 is 0 Å². The van der Waals surface area contributed by atoms with Crippen LogP contribution in [0.3, 0.4) is 0 Å². The summed E-state index contributed by atoms with van der Waals surface area (Å²) in [5.74, 6) is 1.13. The van der Waals surface area contributed by atoms with E-state index >= 15 is 0 Å². The Morgan fingerprint density at radius 2 is 1.96 bits per heavy atom. The number of hydrogen-bond donors (Lipinski definition) is 3. The molecule has 0 spiro atoms. The van der Waals surface area contributed by atoms with Gasteiger partial charge >= 0.3 is 0 Å². The van der Waals surface area contributed by atoms with Crippen LogP contribution in [0.2, 0.25) is 5.02 Å². The van der Waals surface area contributed by atoms with Crippen molar-refractivity contribution in [2.24, 2.45) is 0 Å². The summed E-state index contributed by atoms with van der Waals surface area (Å²) in [5.41, 5.74) is 2.73. The smallest absolute Gasteiger partial charge is 0.225 e. The van der Waals surface area contributed by atoms with E-state index in [1.807, 2.05) is 49.4 Å². The van der Waals surface area contributed by atoms with Gasteiger partial charge in [0.1, 0.15) is 5.82 Å². The summed E-state index contributed by atoms with van der Waals surface area (Å²) in [6.07, 6.45) is 3.47. The Bertz CT molecular complexity index is 842. The van der Waals surface area contributed by atoms with E-state index in [9.17, 15) is 5.11 Å². The Morgan fingerprint density at radius 3 is 2.65 bits per heavy atom. The molecular formula is C19H20ClN5O. The molecule has 0 saturated heterocycles. The molecule has 0 bridgehead atoms. The summed E-state index contributed by atoms with van der Waals surface area (Å²) in [4.78, 5) is 13.2. The van der Waals surface area contributed by atoms with Gasteiger partial charge in [0.2, 0.25) is 5.95 Å². The predicted octanol–water partition coefficient (Wildman–Crippen LogP) is 3.60. The Balaban J connectivity index is 1.85. The van der Waals surface area contributed by atoms with Crippen LogP contribution in [0.1, 0.15) is 12.5 Å². The van der Waals surface area contributed by atoms with E-state index in [1.165, 1.54) is 0 Å². The highest BCUT2D eigenvalue weighted by Crippen LogP contribution is 2.21. The quantitative estimate of drug-likeness (QED) is 0.590. The van der Waals surface area contributed by atoms with Crippen molar-refractivity contribution in [3.63, 3.8) is 0 Å². The zero-order valence-electron chi connectivity index (χ0n) is 14.4. The van der Waals surface area contributed by atoms with E-state index in [4.69, 9.17) is 11.6 Å². The molecule has 0 saturated carbocycles. The van der Waals surface area contributed by atoms with Crippen molar-refractivity contribution >= 4 is 23.4 Å². The maximum absolute atomic E-state index is 9.27. The second-order valence-corrected chi connectivity index (χ2v) is 6.35. The number of nitrogens with zero attached hydrogens (tertiary/aromatic N) is 3. The number of rotatable bonds is 7. The van der Waals surface area contributed by atoms with Crippen molar-refractivity contribution in [2.75, 3.05) is 17.2 Å². The lowest BCUT2D eigenvalue weighted by atomic mass is 10.2. The van der Waals surface area contributed by atoms with Crippen molar-refractivity contribution in [3.05, 3.63) is 65.4 Å². The molecule has 0 unspecified atom stereocenters. The summed E-state index contributed by atoms with van der Waals surface area (Å²) >= 11 is 5.92. The maximum atomic E-state index is 9.27. The van der Waals surface area contributed by atoms with Gasteiger partial charge in [-0.05, 0) is 36.8 Å². The average molecular weight is 370 g/mol. The SMILES string of the molecule is C[C@@H](CO)Nc1nc(NCc2ccc(Cl)cc2)cc(-c2cccnc2)n1. The predicted molar refractivity (Wildman–Crippen MR) is 104 cm³/mol. The van der Waals surface area contributed by atoms with Gasteiger partial charge in [-0.25, -0.2) is 4.98 Å². The molecule has 0 fully saturated rings. The monoisotopic (exact) mass is 369 g/mol. The van der Waals surface area contributed by atoms with Crippen LogP contribution in [0, 0.1) is 0 Å². The highest BCUT2D eigenvalue weighted by molar-refractivity contribution is 6.30. The highest BCUT2D eigenvalue weighted by Gasteiger charge is 2.09. The molecule has 3 rings (SSSR count). The van der Waals surface area contributed by atoms with Gasteiger partial charge in [-0.15, -0.1) is 0 Å². The van der Waals surface area contributed by atoms with Crippen LogP contribution in [-0.4, -0.2) is 32.7 Å². The van der Waals surface area contributed by atoms with Crippen molar-refractivity contribution in [2.45, 2.75) is 19.5 Å². The average Bonchev–Trinajstić information content (AvgIpc) is 2.68. The summed E-state index contributed by atoms with van der Waals surface area (Å²) in [6, 6.07) is 13.2. The standard InChI is InChI=1S/C19H20ClN5O/c1-13(12-26)23-19-24-17(15-3-2-8-21-11-15)9-18(25-19)22-10-14-4-6-16(20)7-5-14/h2-9,11,13,26H,10,12H2,1H3,(H2,22,23,24,25)/t13-/m0/s1. The second kappa shape index (κ2) is 8.60. The van der Waals surface area contributed by atoms with Crippen LogP contribution in [0.25, 0.3) is 11.3 Å². The van der Waals surface area contributed by atoms with Crippen LogP contribution in [0.15, 0.2) is 54.9 Å². The molecule has 1 aromatic carbocycles. The number of aromatic nitrogens is 3. The Labute approximate surface area is 157 Å². The first-order valence-corrected chi connectivity index (χ1v) is 8.67. The van der Waals surface area contributed by atoms with E-state index in [0.717, 1.165) is 16.8 Å². The van der Waals surface area contributed by atoms with Crippen LogP contribution >= 0.6 is 11.6 Å². The van der Waals surface area contributed by atoms with E-state index in [0.29, 0.717) is 23.3 Å². The fourth-order valence-corrected chi connectivity index (χ4v) is 2.45. The second-order valence-electron chi connectivity index (χ2n) is 5.91. The van der Waals surface area contributed by atoms with E-state index in [1.54, 1.807) is 12.4 Å². The Hall–Kier alpha value is -2.70. The van der Waals surface area contributed by atoms with Gasteiger partial charge in [0.15, 0.2) is 0 Å². The van der Waals surface area contributed by atoms with Crippen LogP contribution in [0.5, 0.6) is 0 Å². The third kappa shape index (κ3) is 4.91. The van der Waals surface area contributed by atoms with Crippen LogP contribution in [0.4, 0.5) is 11.8 Å². The summed E-state index contributed by atoms with van der Waals surface area (Å²) in [6.45, 7) is 2.46. The minimum atomic E-state index is -0.150. The van der Waals surface area contributed by atoms with Gasteiger partial charge in [0.25, 0.3) is 0 Å². The number of pyridine rings is 1. The van der Waals surface area contributed by atoms with Crippen molar-refractivity contribution in [1.82, 2.24) is 15.0 Å². The molecule has 0 radical (unpaired) electrons. The molecule has 0 amide bonds. The maximum Gasteiger partial charge on any atom is 0.225 e. The number of halogens is 1. The van der Waals surface area contributed by atoms with Crippen LogP contribution < -0.4 is 10.6 Å². The fourth-order valence-electron chi connectivity index (χ4n) is 2.33. The molecule has 0 aliphatic carbocycles. The van der Waals surface area contributed by atoms with Gasteiger partial charge in [0, 0.05) is 41.6 Å². The molecule has 0 aliphatic heterocycles. The lowest BCUT2D eigenvalue weighted by Gasteiger charge is -2.14. The van der Waals surface area contributed by atoms with Gasteiger partial charge in [0.05, 0.1) is 12.3 Å². The molecular weight excluding hydrogens is 350 g/mol. The first-order valence-electron chi connectivity index (χ1n) is 8.29. The summed E-state index contributed by atoms with van der Waals surface area (Å²) < 4.78 is 0. The first kappa shape index (κ1) is 18.1. The number of aliphatic hydroxyl groups is 1. The highest BCUT2D eigenvalue weighted by atomic mass is 35.5. The Kier molecular flexibility index (Phi) is 5.99. The number of benzene rings is 1. The zero-order valence-corrected chi connectivity index (χ0v) is 15.1. The Morgan fingerprint density at radius 1 is 1.15 bits per heavy atom. The molecule has 26 heavy (non-hydrogen) atoms. The van der Waals surface area contributed by atoms with Gasteiger partial charge in [-0.1, -0.05) is 23.7 Å². The van der Waals surface area contributed by atoms with Crippen molar-refractivity contribution < 1.29 is 5.11 Å². The molecule has 3 N–H and O–H groups in total. The van der Waals surface area contributed by atoms with Crippen molar-refractivity contribution in [1.29, 1.82) is 0 Å². The molecule has 2 heterocycles. The summed E-state index contributed by atoms with van der Waals surface area (Å²) in [7, 11) is 0. The van der Waals surface area contributed by atoms with E-state index in [-0.39, 0.29) is 12.6 Å². The normalized spacial score (nSPS) is 11.8.